The molecule has 0 radical (unpaired) electrons. The average Bonchev–Trinajstić information content (AvgIpc) is 2.71. The van der Waals surface area contributed by atoms with E-state index in [0.29, 0.717) is 17.8 Å². The van der Waals surface area contributed by atoms with Gasteiger partial charge in [0.05, 0.1) is 6.10 Å². The minimum atomic E-state index is -0.237. The Bertz CT molecular complexity index is 246. The van der Waals surface area contributed by atoms with Gasteiger partial charge in [0.2, 0.25) is 0 Å². The van der Waals surface area contributed by atoms with E-state index in [1.54, 1.807) is 0 Å². The van der Waals surface area contributed by atoms with Crippen molar-refractivity contribution in [1.29, 1.82) is 0 Å². The third-order valence-electron chi connectivity index (χ3n) is 4.49. The summed E-state index contributed by atoms with van der Waals surface area (Å²) in [5.41, 5.74) is 0. The van der Waals surface area contributed by atoms with Crippen molar-refractivity contribution < 1.29 is 10.2 Å². The maximum Gasteiger partial charge on any atom is 0.0627 e. The Balaban J connectivity index is 1.90. The molecule has 2 bridgehead atoms. The first-order valence-electron chi connectivity index (χ1n) is 5.28. The molecule has 2 heteroatoms. The highest BCUT2D eigenvalue weighted by molar-refractivity contribution is 5.16. The van der Waals surface area contributed by atoms with E-state index in [-0.39, 0.29) is 18.6 Å². The molecule has 2 nitrogen and oxygen atoms in total. The molecule has 13 heavy (non-hydrogen) atoms. The van der Waals surface area contributed by atoms with Crippen LogP contribution in [0.4, 0.5) is 0 Å². The first-order chi connectivity index (χ1) is 6.33. The van der Waals surface area contributed by atoms with E-state index in [1.807, 2.05) is 0 Å². The lowest BCUT2D eigenvalue weighted by molar-refractivity contribution is -0.00531. The molecular weight excluding hydrogens is 164 g/mol. The summed E-state index contributed by atoms with van der Waals surface area (Å²) in [5.74, 6) is 2.58. The number of allylic oxidation sites excluding steroid dienone is 2. The van der Waals surface area contributed by atoms with Crippen molar-refractivity contribution in [2.24, 2.45) is 29.6 Å². The second-order valence-corrected chi connectivity index (χ2v) is 4.81. The highest BCUT2D eigenvalue weighted by atomic mass is 16.3. The molecule has 0 saturated heterocycles. The first kappa shape index (κ1) is 8.01. The molecule has 2 N–H and O–H groups in total. The van der Waals surface area contributed by atoms with Gasteiger partial charge in [-0.2, -0.15) is 0 Å². The van der Waals surface area contributed by atoms with Gasteiger partial charge in [0.1, 0.15) is 0 Å². The Hall–Kier alpha value is -0.340. The van der Waals surface area contributed by atoms with Gasteiger partial charge < -0.3 is 10.2 Å². The van der Waals surface area contributed by atoms with Gasteiger partial charge in [0.15, 0.2) is 0 Å². The first-order valence-corrected chi connectivity index (χ1v) is 5.28. The van der Waals surface area contributed by atoms with Gasteiger partial charge in [-0.25, -0.2) is 0 Å². The lowest BCUT2D eigenvalue weighted by Gasteiger charge is -2.34. The van der Waals surface area contributed by atoms with E-state index in [0.717, 1.165) is 12.3 Å². The van der Waals surface area contributed by atoms with Crippen molar-refractivity contribution in [3.63, 3.8) is 0 Å². The molecule has 2 fully saturated rings. The van der Waals surface area contributed by atoms with E-state index >= 15 is 0 Å². The standard InChI is InChI=1S/C11H16O2/c12-5-10-8-4-9(11(10)13)7-3-1-2-6(7)8/h1,3,6-13H,2,4-5H2/t6-,7+,8+,9+,10-,11+/m1/s1. The van der Waals surface area contributed by atoms with Crippen LogP contribution in [0, 0.1) is 29.6 Å². The van der Waals surface area contributed by atoms with E-state index < -0.39 is 0 Å². The molecule has 3 rings (SSSR count). The molecule has 0 heterocycles. The van der Waals surface area contributed by atoms with Crippen LogP contribution >= 0.6 is 0 Å². The quantitative estimate of drug-likeness (QED) is 0.586. The summed E-state index contributed by atoms with van der Waals surface area (Å²) in [6, 6.07) is 0. The number of aliphatic hydroxyl groups is 2. The van der Waals surface area contributed by atoms with Gasteiger partial charge in [0.25, 0.3) is 0 Å². The fourth-order valence-corrected chi connectivity index (χ4v) is 3.93. The smallest absolute Gasteiger partial charge is 0.0627 e. The van der Waals surface area contributed by atoms with E-state index in [1.165, 1.54) is 6.42 Å². The van der Waals surface area contributed by atoms with Crippen LogP contribution in [0.15, 0.2) is 12.2 Å². The highest BCUT2D eigenvalue weighted by Crippen LogP contribution is 2.58. The summed E-state index contributed by atoms with van der Waals surface area (Å²) in [6.45, 7) is 0.172. The predicted octanol–water partition coefficient (Wildman–Crippen LogP) is 0.798. The van der Waals surface area contributed by atoms with Crippen LogP contribution < -0.4 is 0 Å². The molecule has 3 aliphatic carbocycles. The maximum absolute atomic E-state index is 9.93. The zero-order chi connectivity index (χ0) is 9.00. The van der Waals surface area contributed by atoms with Crippen LogP contribution in [0.2, 0.25) is 0 Å². The molecule has 0 aromatic carbocycles. The van der Waals surface area contributed by atoms with Crippen LogP contribution in [0.5, 0.6) is 0 Å². The highest BCUT2D eigenvalue weighted by Gasteiger charge is 2.56. The SMILES string of the molecule is OC[C@H]1[C@@H](O)[C@H]2C[C@H]1[C@@H]1CC=C[C@H]21. The molecule has 0 aromatic heterocycles. The molecule has 0 spiro atoms. The van der Waals surface area contributed by atoms with Gasteiger partial charge in [-0.05, 0) is 36.5 Å². The topological polar surface area (TPSA) is 40.5 Å². The summed E-state index contributed by atoms with van der Waals surface area (Å²) < 4.78 is 0. The lowest BCUT2D eigenvalue weighted by atomic mass is 9.74. The van der Waals surface area contributed by atoms with Gasteiger partial charge >= 0.3 is 0 Å². The van der Waals surface area contributed by atoms with Crippen LogP contribution in [0.3, 0.4) is 0 Å². The lowest BCUT2D eigenvalue weighted by Crippen LogP contribution is -2.38. The summed E-state index contributed by atoms with van der Waals surface area (Å²) in [6.07, 6.45) is 6.62. The third kappa shape index (κ3) is 0.856. The minimum Gasteiger partial charge on any atom is -0.396 e. The van der Waals surface area contributed by atoms with Gasteiger partial charge in [-0.15, -0.1) is 0 Å². The van der Waals surface area contributed by atoms with Gasteiger partial charge in [-0.3, -0.25) is 0 Å². The van der Waals surface area contributed by atoms with Gasteiger partial charge in [0, 0.05) is 12.5 Å². The number of hydrogen-bond acceptors (Lipinski definition) is 2. The molecule has 0 aliphatic heterocycles. The minimum absolute atomic E-state index is 0.172. The van der Waals surface area contributed by atoms with Crippen LogP contribution in [0.1, 0.15) is 12.8 Å². The van der Waals surface area contributed by atoms with Crippen LogP contribution in [-0.4, -0.2) is 22.9 Å². The zero-order valence-corrected chi connectivity index (χ0v) is 7.63. The molecule has 0 aromatic rings. The fraction of sp³-hybridized carbons (Fsp3) is 0.818. The summed E-state index contributed by atoms with van der Waals surface area (Å²) in [5, 5.41) is 19.1. The Morgan fingerprint density at radius 1 is 1.23 bits per heavy atom. The Morgan fingerprint density at radius 2 is 2.08 bits per heavy atom. The molecular formula is C11H16O2. The molecule has 2 saturated carbocycles. The summed E-state index contributed by atoms with van der Waals surface area (Å²) >= 11 is 0. The second-order valence-electron chi connectivity index (χ2n) is 4.81. The fourth-order valence-electron chi connectivity index (χ4n) is 3.93. The molecule has 72 valence electrons. The monoisotopic (exact) mass is 180 g/mol. The van der Waals surface area contributed by atoms with Crippen molar-refractivity contribution >= 4 is 0 Å². The zero-order valence-electron chi connectivity index (χ0n) is 7.63. The van der Waals surface area contributed by atoms with E-state index in [9.17, 15) is 10.2 Å². The second kappa shape index (κ2) is 2.58. The number of aliphatic hydroxyl groups excluding tert-OH is 2. The summed E-state index contributed by atoms with van der Waals surface area (Å²) in [7, 11) is 0. The summed E-state index contributed by atoms with van der Waals surface area (Å²) in [4.78, 5) is 0. The van der Waals surface area contributed by atoms with E-state index in [4.69, 9.17) is 0 Å². The van der Waals surface area contributed by atoms with Crippen LogP contribution in [0.25, 0.3) is 0 Å². The van der Waals surface area contributed by atoms with Crippen molar-refractivity contribution in [3.05, 3.63) is 12.2 Å². The molecule has 3 aliphatic rings. The van der Waals surface area contributed by atoms with E-state index in [2.05, 4.69) is 12.2 Å². The Kier molecular flexibility index (Phi) is 1.59. The van der Waals surface area contributed by atoms with Gasteiger partial charge in [-0.1, -0.05) is 12.2 Å². The van der Waals surface area contributed by atoms with Crippen LogP contribution in [-0.2, 0) is 0 Å². The average molecular weight is 180 g/mol. The van der Waals surface area contributed by atoms with Crippen molar-refractivity contribution in [2.45, 2.75) is 18.9 Å². The molecule has 0 unspecified atom stereocenters. The normalized spacial score (nSPS) is 57.4. The van der Waals surface area contributed by atoms with Crippen molar-refractivity contribution in [2.75, 3.05) is 6.61 Å². The third-order valence-corrected chi connectivity index (χ3v) is 4.49. The Labute approximate surface area is 78.3 Å². The molecule has 0 amide bonds. The predicted molar refractivity (Wildman–Crippen MR) is 48.9 cm³/mol. The van der Waals surface area contributed by atoms with Crippen molar-refractivity contribution in [3.8, 4) is 0 Å². The Morgan fingerprint density at radius 3 is 2.85 bits per heavy atom. The van der Waals surface area contributed by atoms with Crippen molar-refractivity contribution in [1.82, 2.24) is 0 Å². The number of hydrogen-bond donors (Lipinski definition) is 2. The number of rotatable bonds is 1. The number of fused-ring (bicyclic) bond motifs is 5. The molecule has 6 atom stereocenters. The maximum atomic E-state index is 9.93. The largest absolute Gasteiger partial charge is 0.396 e.